The molecule has 1 aliphatic rings. The molecular formula is C30H28F3N7O2S. The lowest BCUT2D eigenvalue weighted by Gasteiger charge is -2.20. The number of benzene rings is 3. The van der Waals surface area contributed by atoms with Gasteiger partial charge in [-0.2, -0.15) is 14.8 Å². The molecule has 1 saturated heterocycles. The van der Waals surface area contributed by atoms with Crippen molar-refractivity contribution in [1.82, 2.24) is 14.8 Å². The second-order valence-electron chi connectivity index (χ2n) is 9.72. The number of amides is 1. The van der Waals surface area contributed by atoms with Crippen molar-refractivity contribution < 1.29 is 22.7 Å². The van der Waals surface area contributed by atoms with E-state index in [4.69, 9.17) is 0 Å². The van der Waals surface area contributed by atoms with Gasteiger partial charge >= 0.3 is 6.36 Å². The van der Waals surface area contributed by atoms with E-state index in [1.807, 2.05) is 55.5 Å². The molecule has 0 spiro atoms. The van der Waals surface area contributed by atoms with Gasteiger partial charge in [-0.05, 0) is 54.3 Å². The van der Waals surface area contributed by atoms with E-state index in [-0.39, 0.29) is 17.6 Å². The summed E-state index contributed by atoms with van der Waals surface area (Å²) in [5.74, 6) is 1.05. The highest BCUT2D eigenvalue weighted by Crippen LogP contribution is 2.33. The van der Waals surface area contributed by atoms with Crippen LogP contribution >= 0.6 is 11.8 Å². The molecule has 0 saturated carbocycles. The third kappa shape index (κ3) is 7.05. The second kappa shape index (κ2) is 12.7. The second-order valence-corrected chi connectivity index (χ2v) is 10.7. The van der Waals surface area contributed by atoms with Crippen molar-refractivity contribution in [2.75, 3.05) is 22.5 Å². The molecule has 5 rings (SSSR count). The number of anilines is 2. The predicted molar refractivity (Wildman–Crippen MR) is 163 cm³/mol. The zero-order chi connectivity index (χ0) is 30.6. The Bertz CT molecular complexity index is 1650. The lowest BCUT2D eigenvalue weighted by atomic mass is 10.0. The molecule has 1 N–H and O–H groups in total. The Kier molecular flexibility index (Phi) is 8.81. The van der Waals surface area contributed by atoms with Gasteiger partial charge in [-0.15, -0.1) is 23.4 Å². The average Bonchev–Trinajstić information content (AvgIpc) is 3.56. The number of carbonyl (C=O) groups excluding carboxylic acids is 1. The molecule has 0 unspecified atom stereocenters. The number of halogens is 3. The van der Waals surface area contributed by atoms with E-state index in [1.54, 1.807) is 11.1 Å². The zero-order valence-electron chi connectivity index (χ0n) is 23.5. The van der Waals surface area contributed by atoms with Crippen LogP contribution in [0.2, 0.25) is 0 Å². The Hall–Kier alpha value is -4.65. The van der Waals surface area contributed by atoms with E-state index in [0.29, 0.717) is 34.9 Å². The molecule has 0 aliphatic carbocycles. The number of hydrogen-bond acceptors (Lipinski definition) is 8. The van der Waals surface area contributed by atoms with Crippen LogP contribution in [0.4, 0.5) is 24.8 Å². The highest BCUT2D eigenvalue weighted by atomic mass is 32.2. The van der Waals surface area contributed by atoms with Crippen LogP contribution < -0.4 is 15.0 Å². The van der Waals surface area contributed by atoms with Gasteiger partial charge in [-0.25, -0.2) is 0 Å². The van der Waals surface area contributed by atoms with Gasteiger partial charge < -0.3 is 10.1 Å². The first-order valence-corrected chi connectivity index (χ1v) is 14.4. The van der Waals surface area contributed by atoms with Crippen molar-refractivity contribution in [3.05, 3.63) is 83.9 Å². The van der Waals surface area contributed by atoms with E-state index >= 15 is 0 Å². The van der Waals surface area contributed by atoms with Crippen LogP contribution in [-0.4, -0.2) is 50.7 Å². The lowest BCUT2D eigenvalue weighted by molar-refractivity contribution is -0.274. The lowest BCUT2D eigenvalue weighted by Crippen LogP contribution is -2.30. The highest BCUT2D eigenvalue weighted by molar-refractivity contribution is 8.15. The third-order valence-electron chi connectivity index (χ3n) is 6.34. The highest BCUT2D eigenvalue weighted by Gasteiger charge is 2.32. The van der Waals surface area contributed by atoms with Crippen LogP contribution in [-0.2, 0) is 4.79 Å². The molecule has 2 heterocycles. The third-order valence-corrected chi connectivity index (χ3v) is 7.25. The molecule has 1 fully saturated rings. The molecule has 0 bridgehead atoms. The van der Waals surface area contributed by atoms with Crippen molar-refractivity contribution >= 4 is 40.7 Å². The minimum atomic E-state index is -4.77. The summed E-state index contributed by atoms with van der Waals surface area (Å²) in [7, 11) is 0. The number of nitrogens with zero attached hydrogens (tertiary/aromatic N) is 6. The molecule has 0 radical (unpaired) electrons. The van der Waals surface area contributed by atoms with Crippen LogP contribution in [0.3, 0.4) is 0 Å². The quantitative estimate of drug-likeness (QED) is 0.165. The number of aromatic nitrogens is 3. The molecule has 3 aromatic carbocycles. The number of ether oxygens (including phenoxy) is 1. The fourth-order valence-corrected chi connectivity index (χ4v) is 5.21. The van der Waals surface area contributed by atoms with E-state index in [0.717, 1.165) is 22.4 Å². The molecule has 222 valence electrons. The van der Waals surface area contributed by atoms with Gasteiger partial charge in [0.15, 0.2) is 11.0 Å². The van der Waals surface area contributed by atoms with Gasteiger partial charge in [0.2, 0.25) is 11.9 Å². The van der Waals surface area contributed by atoms with Crippen molar-refractivity contribution in [3.63, 3.8) is 0 Å². The summed E-state index contributed by atoms with van der Waals surface area (Å²) in [6.07, 6.45) is -3.16. The van der Waals surface area contributed by atoms with Crippen molar-refractivity contribution in [3.8, 4) is 22.8 Å². The maximum absolute atomic E-state index is 12.7. The molecule has 1 aromatic heterocycles. The molecule has 9 nitrogen and oxygen atoms in total. The normalized spacial score (nSPS) is 14.8. The first-order valence-electron chi connectivity index (χ1n) is 13.5. The summed E-state index contributed by atoms with van der Waals surface area (Å²) >= 11 is 1.35. The Morgan fingerprint density at radius 3 is 2.47 bits per heavy atom. The molecule has 4 aromatic rings. The number of amidine groups is 1. The number of nitrogens with one attached hydrogen (secondary N) is 1. The fourth-order valence-electron chi connectivity index (χ4n) is 4.39. The molecule has 1 amide bonds. The minimum absolute atomic E-state index is 0.0362. The topological polar surface area (TPSA) is 97.0 Å². The van der Waals surface area contributed by atoms with Crippen molar-refractivity contribution in [1.29, 1.82) is 0 Å². The zero-order valence-corrected chi connectivity index (χ0v) is 24.4. The number of hydrogen-bond donors (Lipinski definition) is 1. The first kappa shape index (κ1) is 29.8. The summed E-state index contributed by atoms with van der Waals surface area (Å²) in [6, 6.07) is 20.5. The van der Waals surface area contributed by atoms with Crippen LogP contribution in [0.25, 0.3) is 17.1 Å². The Morgan fingerprint density at radius 2 is 1.79 bits per heavy atom. The molecule has 13 heteroatoms. The Balaban J connectivity index is 1.33. The number of carbonyl (C=O) groups is 1. The molecule has 43 heavy (non-hydrogen) atoms. The first-order chi connectivity index (χ1) is 20.6. The van der Waals surface area contributed by atoms with Crippen LogP contribution in [0.15, 0.2) is 83.0 Å². The van der Waals surface area contributed by atoms with Crippen LogP contribution in [0.5, 0.6) is 5.75 Å². The monoisotopic (exact) mass is 607 g/mol. The fraction of sp³-hybridized carbons (Fsp3) is 0.233. The van der Waals surface area contributed by atoms with E-state index in [1.165, 1.54) is 40.7 Å². The van der Waals surface area contributed by atoms with Gasteiger partial charge in [0.25, 0.3) is 0 Å². The van der Waals surface area contributed by atoms with Gasteiger partial charge in [-0.3, -0.25) is 9.69 Å². The number of rotatable bonds is 9. The van der Waals surface area contributed by atoms with Gasteiger partial charge in [0.05, 0.1) is 23.3 Å². The maximum atomic E-state index is 12.7. The summed E-state index contributed by atoms with van der Waals surface area (Å²) < 4.78 is 43.1. The van der Waals surface area contributed by atoms with E-state index in [2.05, 4.69) is 44.2 Å². The molecule has 1 aliphatic heterocycles. The Labute approximate surface area is 250 Å². The smallest absolute Gasteiger partial charge is 0.406 e. The SMILES string of the molecule is CCNc1nc(-c2ccc(/C=N/N=C3\SCC(=O)N3c3ccccc3C(C)C)cc2)nn1-c1ccc(OC(F)(F)F)cc1. The van der Waals surface area contributed by atoms with Gasteiger partial charge in [0.1, 0.15) is 5.75 Å². The standard InChI is InChI=1S/C30H28F3N7O2S/c1-4-34-28-36-27(38-40(28)22-13-15-23(16-14-22)42-30(31,32)33)21-11-9-20(10-12-21)17-35-37-29-39(26(41)18-43-29)25-8-6-5-7-24(25)19(2)3/h5-17,19H,4,18H2,1-3H3,(H,34,36,38)/b35-17+,37-29-. The minimum Gasteiger partial charge on any atom is -0.406 e. The average molecular weight is 608 g/mol. The maximum Gasteiger partial charge on any atom is 0.573 e. The number of para-hydroxylation sites is 1. The Morgan fingerprint density at radius 1 is 1.07 bits per heavy atom. The van der Waals surface area contributed by atoms with Crippen molar-refractivity contribution in [2.24, 2.45) is 10.2 Å². The van der Waals surface area contributed by atoms with Crippen LogP contribution in [0, 0.1) is 0 Å². The summed E-state index contributed by atoms with van der Waals surface area (Å²) in [4.78, 5) is 18.9. The van der Waals surface area contributed by atoms with Crippen molar-refractivity contribution in [2.45, 2.75) is 33.1 Å². The number of thioether (sulfide) groups is 1. The number of alkyl halides is 3. The van der Waals surface area contributed by atoms with E-state index in [9.17, 15) is 18.0 Å². The van der Waals surface area contributed by atoms with Gasteiger partial charge in [-0.1, -0.05) is 68.1 Å². The summed E-state index contributed by atoms with van der Waals surface area (Å²) in [5.41, 5.74) is 3.90. The van der Waals surface area contributed by atoms with Crippen LogP contribution in [0.1, 0.15) is 37.8 Å². The predicted octanol–water partition coefficient (Wildman–Crippen LogP) is 6.86. The van der Waals surface area contributed by atoms with E-state index < -0.39 is 6.36 Å². The summed E-state index contributed by atoms with van der Waals surface area (Å²) in [5, 5.41) is 16.8. The molecular weight excluding hydrogens is 579 g/mol. The molecule has 0 atom stereocenters. The van der Waals surface area contributed by atoms with Gasteiger partial charge in [0, 0.05) is 12.1 Å². The summed E-state index contributed by atoms with van der Waals surface area (Å²) in [6.45, 7) is 6.63. The largest absolute Gasteiger partial charge is 0.573 e.